The maximum Gasteiger partial charge on any atom is 0.219 e. The molecule has 0 amide bonds. The number of pyridine rings is 1. The van der Waals surface area contributed by atoms with Crippen LogP contribution < -0.4 is 20.1 Å². The molecule has 1 atom stereocenters. The van der Waals surface area contributed by atoms with Gasteiger partial charge in [-0.15, -0.1) is 0 Å². The van der Waals surface area contributed by atoms with E-state index >= 15 is 0 Å². The second-order valence-corrected chi connectivity index (χ2v) is 7.22. The van der Waals surface area contributed by atoms with E-state index in [9.17, 15) is 0 Å². The van der Waals surface area contributed by atoms with E-state index in [-0.39, 0.29) is 0 Å². The third kappa shape index (κ3) is 6.10. The molecule has 0 aliphatic carbocycles. The Morgan fingerprint density at radius 1 is 1.17 bits per heavy atom. The van der Waals surface area contributed by atoms with E-state index in [1.807, 2.05) is 49.5 Å². The van der Waals surface area contributed by atoms with Crippen LogP contribution >= 0.6 is 0 Å². The lowest BCUT2D eigenvalue weighted by molar-refractivity contribution is 0.267. The van der Waals surface area contributed by atoms with Crippen LogP contribution in [0.1, 0.15) is 32.3 Å². The summed E-state index contributed by atoms with van der Waals surface area (Å²) < 4.78 is 11.5. The van der Waals surface area contributed by atoms with Gasteiger partial charge in [-0.2, -0.15) is 0 Å². The Morgan fingerprint density at radius 3 is 2.70 bits per heavy atom. The summed E-state index contributed by atoms with van der Waals surface area (Å²) in [5.74, 6) is 2.72. The van der Waals surface area contributed by atoms with Crippen molar-refractivity contribution in [3.63, 3.8) is 0 Å². The van der Waals surface area contributed by atoms with Gasteiger partial charge in [0, 0.05) is 38.4 Å². The first-order valence-corrected chi connectivity index (χ1v) is 10.8. The molecule has 1 unspecified atom stereocenters. The van der Waals surface area contributed by atoms with Crippen molar-refractivity contribution in [3.8, 4) is 17.4 Å². The van der Waals surface area contributed by atoms with Crippen LogP contribution in [-0.2, 0) is 6.54 Å². The van der Waals surface area contributed by atoms with E-state index in [1.165, 1.54) is 19.4 Å². The Kier molecular flexibility index (Phi) is 8.32. The molecule has 162 valence electrons. The Bertz CT molecular complexity index is 809. The molecule has 1 fully saturated rings. The van der Waals surface area contributed by atoms with Gasteiger partial charge in [0.1, 0.15) is 0 Å². The molecule has 1 aromatic carbocycles. The first-order valence-electron chi connectivity index (χ1n) is 10.8. The number of aliphatic imine (C=N–C) groups is 1. The highest BCUT2D eigenvalue weighted by molar-refractivity contribution is 5.79. The van der Waals surface area contributed by atoms with Crippen molar-refractivity contribution in [2.75, 3.05) is 33.3 Å². The number of para-hydroxylation sites is 2. The summed E-state index contributed by atoms with van der Waals surface area (Å²) in [5, 5.41) is 6.80. The molecule has 0 saturated carbocycles. The molecule has 2 heterocycles. The molecule has 0 spiro atoms. The summed E-state index contributed by atoms with van der Waals surface area (Å²) in [6, 6.07) is 12.1. The minimum atomic E-state index is 0.536. The molecule has 0 radical (unpaired) electrons. The standard InChI is InChI=1S/C23H33N5O2/c1-4-28-14-8-9-19(28)17-27-23(24-3)26-16-18-12-13-22(25-15-18)30-21-11-7-6-10-20(21)29-5-2/h6-7,10-13,15,19H,4-5,8-9,14,16-17H2,1-3H3,(H2,24,26,27). The molecule has 1 saturated heterocycles. The number of hydrogen-bond donors (Lipinski definition) is 2. The van der Waals surface area contributed by atoms with Crippen molar-refractivity contribution in [2.45, 2.75) is 39.3 Å². The number of nitrogens with one attached hydrogen (secondary N) is 2. The molecule has 7 heteroatoms. The van der Waals surface area contributed by atoms with Gasteiger partial charge in [0.25, 0.3) is 0 Å². The SMILES string of the molecule is CCOc1ccccc1Oc1ccc(CNC(=NC)NCC2CCCN2CC)cn1. The number of hydrogen-bond acceptors (Lipinski definition) is 5. The number of likely N-dealkylation sites (N-methyl/N-ethyl adjacent to an activating group) is 1. The smallest absolute Gasteiger partial charge is 0.219 e. The van der Waals surface area contributed by atoms with E-state index in [2.05, 4.69) is 32.4 Å². The van der Waals surface area contributed by atoms with Crippen molar-refractivity contribution >= 4 is 5.96 Å². The van der Waals surface area contributed by atoms with Crippen LogP contribution in [0.3, 0.4) is 0 Å². The minimum absolute atomic E-state index is 0.536. The molecule has 1 aromatic heterocycles. The largest absolute Gasteiger partial charge is 0.490 e. The molecule has 1 aliphatic rings. The topological polar surface area (TPSA) is 71.0 Å². The third-order valence-electron chi connectivity index (χ3n) is 5.26. The van der Waals surface area contributed by atoms with Crippen LogP contribution in [-0.4, -0.2) is 55.2 Å². The van der Waals surface area contributed by atoms with Crippen LogP contribution in [0, 0.1) is 0 Å². The Labute approximate surface area is 179 Å². The zero-order valence-electron chi connectivity index (χ0n) is 18.2. The highest BCUT2D eigenvalue weighted by Gasteiger charge is 2.22. The molecule has 1 aliphatic heterocycles. The van der Waals surface area contributed by atoms with Crippen LogP contribution in [0.2, 0.25) is 0 Å². The van der Waals surface area contributed by atoms with Gasteiger partial charge in [-0.25, -0.2) is 4.98 Å². The summed E-state index contributed by atoms with van der Waals surface area (Å²) in [6.45, 7) is 8.62. The zero-order chi connectivity index (χ0) is 21.2. The predicted molar refractivity (Wildman–Crippen MR) is 120 cm³/mol. The molecule has 2 aromatic rings. The Morgan fingerprint density at radius 2 is 2.00 bits per heavy atom. The molecule has 0 bridgehead atoms. The number of nitrogens with zero attached hydrogens (tertiary/aromatic N) is 3. The maximum absolute atomic E-state index is 5.88. The summed E-state index contributed by atoms with van der Waals surface area (Å²) >= 11 is 0. The number of ether oxygens (including phenoxy) is 2. The maximum atomic E-state index is 5.88. The minimum Gasteiger partial charge on any atom is -0.490 e. The van der Waals surface area contributed by atoms with Crippen LogP contribution in [0.15, 0.2) is 47.6 Å². The van der Waals surface area contributed by atoms with Crippen LogP contribution in [0.4, 0.5) is 0 Å². The van der Waals surface area contributed by atoms with Gasteiger partial charge < -0.3 is 20.1 Å². The van der Waals surface area contributed by atoms with E-state index in [0.717, 1.165) is 24.6 Å². The molecular formula is C23H33N5O2. The van der Waals surface area contributed by atoms with Gasteiger partial charge in [0.05, 0.1) is 6.61 Å². The molecular weight excluding hydrogens is 378 g/mol. The molecule has 2 N–H and O–H groups in total. The summed E-state index contributed by atoms with van der Waals surface area (Å²) in [4.78, 5) is 11.3. The van der Waals surface area contributed by atoms with E-state index < -0.39 is 0 Å². The van der Waals surface area contributed by atoms with E-state index in [0.29, 0.717) is 36.6 Å². The second-order valence-electron chi connectivity index (χ2n) is 7.22. The van der Waals surface area contributed by atoms with Crippen molar-refractivity contribution in [1.29, 1.82) is 0 Å². The van der Waals surface area contributed by atoms with Crippen molar-refractivity contribution in [3.05, 3.63) is 48.2 Å². The summed E-state index contributed by atoms with van der Waals surface area (Å²) in [6.07, 6.45) is 4.34. The number of likely N-dealkylation sites (tertiary alicyclic amines) is 1. The number of benzene rings is 1. The first-order chi connectivity index (χ1) is 14.7. The van der Waals surface area contributed by atoms with Gasteiger partial charge >= 0.3 is 0 Å². The average Bonchev–Trinajstić information content (AvgIpc) is 3.24. The van der Waals surface area contributed by atoms with Crippen molar-refractivity contribution < 1.29 is 9.47 Å². The molecule has 3 rings (SSSR count). The van der Waals surface area contributed by atoms with Gasteiger partial charge in [-0.1, -0.05) is 25.1 Å². The lowest BCUT2D eigenvalue weighted by atomic mass is 10.2. The van der Waals surface area contributed by atoms with Gasteiger partial charge in [0.15, 0.2) is 17.5 Å². The zero-order valence-corrected chi connectivity index (χ0v) is 18.2. The fourth-order valence-electron chi connectivity index (χ4n) is 3.66. The number of guanidine groups is 1. The lowest BCUT2D eigenvalue weighted by Crippen LogP contribution is -2.44. The Balaban J connectivity index is 1.49. The predicted octanol–water partition coefficient (Wildman–Crippen LogP) is 3.42. The number of rotatable bonds is 9. The second kappa shape index (κ2) is 11.4. The average molecular weight is 412 g/mol. The van der Waals surface area contributed by atoms with E-state index in [4.69, 9.17) is 9.47 Å². The Hall–Kier alpha value is -2.80. The quantitative estimate of drug-likeness (QED) is 0.487. The normalized spacial score (nSPS) is 17.0. The lowest BCUT2D eigenvalue weighted by Gasteiger charge is -2.24. The molecule has 7 nitrogen and oxygen atoms in total. The van der Waals surface area contributed by atoms with Gasteiger partial charge in [0.2, 0.25) is 5.88 Å². The highest BCUT2D eigenvalue weighted by atomic mass is 16.5. The number of aromatic nitrogens is 1. The highest BCUT2D eigenvalue weighted by Crippen LogP contribution is 2.30. The third-order valence-corrected chi connectivity index (χ3v) is 5.26. The summed E-state index contributed by atoms with van der Waals surface area (Å²) in [7, 11) is 1.80. The monoisotopic (exact) mass is 411 g/mol. The van der Waals surface area contributed by atoms with Crippen molar-refractivity contribution in [1.82, 2.24) is 20.5 Å². The molecule has 30 heavy (non-hydrogen) atoms. The van der Waals surface area contributed by atoms with Crippen molar-refractivity contribution in [2.24, 2.45) is 4.99 Å². The fourth-order valence-corrected chi connectivity index (χ4v) is 3.66. The van der Waals surface area contributed by atoms with Crippen LogP contribution in [0.25, 0.3) is 0 Å². The van der Waals surface area contributed by atoms with Gasteiger partial charge in [-0.3, -0.25) is 9.89 Å². The van der Waals surface area contributed by atoms with E-state index in [1.54, 1.807) is 7.05 Å². The fraction of sp³-hybridized carbons (Fsp3) is 0.478. The first kappa shape index (κ1) is 21.9. The van der Waals surface area contributed by atoms with Crippen LogP contribution in [0.5, 0.6) is 17.4 Å². The van der Waals surface area contributed by atoms with Gasteiger partial charge in [-0.05, 0) is 50.6 Å². The summed E-state index contributed by atoms with van der Waals surface area (Å²) in [5.41, 5.74) is 1.06.